The van der Waals surface area contributed by atoms with Gasteiger partial charge in [-0.15, -0.1) is 12.4 Å². The van der Waals surface area contributed by atoms with Gasteiger partial charge in [-0.1, -0.05) is 11.6 Å². The maximum absolute atomic E-state index is 12.7. The zero-order valence-corrected chi connectivity index (χ0v) is 16.4. The van der Waals surface area contributed by atoms with E-state index < -0.39 is 0 Å². The molecule has 2 atom stereocenters. The number of hydrogen-bond donors (Lipinski definition) is 2. The van der Waals surface area contributed by atoms with Gasteiger partial charge in [0.1, 0.15) is 0 Å². The molecule has 0 aliphatic carbocycles. The van der Waals surface area contributed by atoms with Gasteiger partial charge in [0.15, 0.2) is 0 Å². The van der Waals surface area contributed by atoms with Crippen molar-refractivity contribution in [2.75, 3.05) is 6.54 Å². The topological polar surface area (TPSA) is 46.1 Å². The van der Waals surface area contributed by atoms with Gasteiger partial charge in [0.2, 0.25) is 0 Å². The predicted molar refractivity (Wildman–Crippen MR) is 105 cm³/mol. The smallest absolute Gasteiger partial charge is 0.253 e. The summed E-state index contributed by atoms with van der Waals surface area (Å²) in [6.45, 7) is 7.12. The summed E-state index contributed by atoms with van der Waals surface area (Å²) in [5, 5.41) is 7.31. The molecule has 1 fully saturated rings. The van der Waals surface area contributed by atoms with E-state index in [-0.39, 0.29) is 24.4 Å². The highest BCUT2D eigenvalue weighted by Crippen LogP contribution is 2.22. The molecular formula is C19H25Cl2N3O. The van der Waals surface area contributed by atoms with Crippen LogP contribution in [-0.4, -0.2) is 29.1 Å². The van der Waals surface area contributed by atoms with Crippen LogP contribution in [0.25, 0.3) is 5.69 Å². The van der Waals surface area contributed by atoms with E-state index >= 15 is 0 Å². The Morgan fingerprint density at radius 3 is 2.60 bits per heavy atom. The second-order valence-electron chi connectivity index (χ2n) is 6.65. The van der Waals surface area contributed by atoms with Crippen LogP contribution >= 0.6 is 24.0 Å². The van der Waals surface area contributed by atoms with Crippen molar-refractivity contribution < 1.29 is 4.79 Å². The van der Waals surface area contributed by atoms with Crippen molar-refractivity contribution in [1.82, 2.24) is 15.2 Å². The number of nitrogens with one attached hydrogen (secondary N) is 2. The minimum absolute atomic E-state index is 0. The van der Waals surface area contributed by atoms with Gasteiger partial charge in [0.25, 0.3) is 5.91 Å². The Morgan fingerprint density at radius 2 is 1.96 bits per heavy atom. The fourth-order valence-corrected chi connectivity index (χ4v) is 3.63. The maximum atomic E-state index is 12.7. The zero-order chi connectivity index (χ0) is 17.3. The molecule has 1 saturated heterocycles. The molecule has 0 bridgehead atoms. The molecule has 3 rings (SSSR count). The summed E-state index contributed by atoms with van der Waals surface area (Å²) in [4.78, 5) is 12.7. The van der Waals surface area contributed by atoms with E-state index in [1.807, 2.05) is 44.2 Å². The van der Waals surface area contributed by atoms with E-state index in [1.165, 1.54) is 0 Å². The molecule has 136 valence electrons. The molecular weight excluding hydrogens is 357 g/mol. The minimum atomic E-state index is 0. The highest BCUT2D eigenvalue weighted by atomic mass is 35.5. The van der Waals surface area contributed by atoms with Crippen LogP contribution in [0.4, 0.5) is 0 Å². The van der Waals surface area contributed by atoms with Crippen molar-refractivity contribution in [3.05, 3.63) is 52.3 Å². The molecule has 1 aliphatic heterocycles. The Labute approximate surface area is 160 Å². The van der Waals surface area contributed by atoms with Gasteiger partial charge >= 0.3 is 0 Å². The Kier molecular flexibility index (Phi) is 6.55. The molecule has 1 aromatic heterocycles. The fourth-order valence-electron chi connectivity index (χ4n) is 3.51. The SMILES string of the molecule is Cc1cc(C(=O)NC2CCNC(C)C2)c(C)n1-c1ccc(Cl)cc1.Cl. The van der Waals surface area contributed by atoms with Gasteiger partial charge < -0.3 is 15.2 Å². The average Bonchev–Trinajstić information content (AvgIpc) is 2.83. The molecule has 6 heteroatoms. The number of aromatic nitrogens is 1. The van der Waals surface area contributed by atoms with E-state index in [9.17, 15) is 4.79 Å². The lowest BCUT2D eigenvalue weighted by atomic mass is 10.0. The predicted octanol–water partition coefficient (Wildman–Crippen LogP) is 4.04. The average molecular weight is 382 g/mol. The first-order chi connectivity index (χ1) is 11.5. The normalized spacial score (nSPS) is 20.0. The molecule has 1 amide bonds. The lowest BCUT2D eigenvalue weighted by Crippen LogP contribution is -2.46. The standard InChI is InChI=1S/C19H24ClN3O.ClH/c1-12-10-16(8-9-21-12)22-19(24)18-11-13(2)23(14(18)3)17-6-4-15(20)5-7-17;/h4-7,11-12,16,21H,8-10H2,1-3H3,(H,22,24);1H. The van der Waals surface area contributed by atoms with Crippen molar-refractivity contribution in [2.45, 2.75) is 45.7 Å². The van der Waals surface area contributed by atoms with Gasteiger partial charge in [-0.05, 0) is 70.5 Å². The van der Waals surface area contributed by atoms with Gasteiger partial charge in [-0.3, -0.25) is 4.79 Å². The number of carbonyl (C=O) groups is 1. The second-order valence-corrected chi connectivity index (χ2v) is 7.08. The Hall–Kier alpha value is -1.49. The third-order valence-electron chi connectivity index (χ3n) is 4.72. The van der Waals surface area contributed by atoms with Crippen molar-refractivity contribution in [1.29, 1.82) is 0 Å². The Morgan fingerprint density at radius 1 is 1.28 bits per heavy atom. The summed E-state index contributed by atoms with van der Waals surface area (Å²) < 4.78 is 2.09. The number of piperidine rings is 1. The number of rotatable bonds is 3. The molecule has 2 heterocycles. The zero-order valence-electron chi connectivity index (χ0n) is 14.8. The molecule has 25 heavy (non-hydrogen) atoms. The fraction of sp³-hybridized carbons (Fsp3) is 0.421. The van der Waals surface area contributed by atoms with E-state index in [0.717, 1.165) is 42.0 Å². The second kappa shape index (κ2) is 8.26. The first-order valence-electron chi connectivity index (χ1n) is 8.45. The first kappa shape index (κ1) is 19.8. The van der Waals surface area contributed by atoms with Crippen molar-refractivity contribution >= 4 is 29.9 Å². The highest BCUT2D eigenvalue weighted by molar-refractivity contribution is 6.30. The van der Waals surface area contributed by atoms with Crippen LogP contribution in [0.5, 0.6) is 0 Å². The van der Waals surface area contributed by atoms with E-state index in [2.05, 4.69) is 22.1 Å². The molecule has 1 aromatic carbocycles. The number of nitrogens with zero attached hydrogens (tertiary/aromatic N) is 1. The number of benzene rings is 1. The third kappa shape index (κ3) is 4.38. The summed E-state index contributed by atoms with van der Waals surface area (Å²) in [5.41, 5.74) is 3.76. The monoisotopic (exact) mass is 381 g/mol. The molecule has 4 nitrogen and oxygen atoms in total. The number of hydrogen-bond acceptors (Lipinski definition) is 2. The molecule has 2 N–H and O–H groups in total. The van der Waals surface area contributed by atoms with E-state index in [4.69, 9.17) is 11.6 Å². The lowest BCUT2D eigenvalue weighted by Gasteiger charge is -2.28. The highest BCUT2D eigenvalue weighted by Gasteiger charge is 2.23. The molecule has 1 aliphatic rings. The maximum Gasteiger partial charge on any atom is 0.253 e. The summed E-state index contributed by atoms with van der Waals surface area (Å²) in [6.07, 6.45) is 1.95. The summed E-state index contributed by atoms with van der Waals surface area (Å²) in [5.74, 6) is 0.0161. The van der Waals surface area contributed by atoms with Crippen LogP contribution in [0.3, 0.4) is 0 Å². The van der Waals surface area contributed by atoms with Gasteiger partial charge in [0.05, 0.1) is 5.56 Å². The molecule has 0 spiro atoms. The molecule has 0 radical (unpaired) electrons. The largest absolute Gasteiger partial charge is 0.349 e. The van der Waals surface area contributed by atoms with Crippen LogP contribution in [-0.2, 0) is 0 Å². The van der Waals surface area contributed by atoms with Crippen molar-refractivity contribution in [2.24, 2.45) is 0 Å². The van der Waals surface area contributed by atoms with Crippen LogP contribution in [0.15, 0.2) is 30.3 Å². The molecule has 0 saturated carbocycles. The Bertz CT molecular complexity index is 740. The number of halogens is 2. The number of carbonyl (C=O) groups excluding carboxylic acids is 1. The summed E-state index contributed by atoms with van der Waals surface area (Å²) >= 11 is 5.98. The minimum Gasteiger partial charge on any atom is -0.349 e. The number of aryl methyl sites for hydroxylation is 1. The number of amides is 1. The third-order valence-corrected chi connectivity index (χ3v) is 4.97. The van der Waals surface area contributed by atoms with Crippen molar-refractivity contribution in [3.63, 3.8) is 0 Å². The van der Waals surface area contributed by atoms with Gasteiger partial charge in [0, 0.05) is 34.2 Å². The first-order valence-corrected chi connectivity index (χ1v) is 8.82. The van der Waals surface area contributed by atoms with Crippen LogP contribution in [0.2, 0.25) is 5.02 Å². The van der Waals surface area contributed by atoms with Gasteiger partial charge in [-0.25, -0.2) is 0 Å². The quantitative estimate of drug-likeness (QED) is 0.842. The lowest BCUT2D eigenvalue weighted by molar-refractivity contribution is 0.0925. The van der Waals surface area contributed by atoms with Crippen LogP contribution in [0, 0.1) is 13.8 Å². The van der Waals surface area contributed by atoms with Gasteiger partial charge in [-0.2, -0.15) is 0 Å². The van der Waals surface area contributed by atoms with Crippen LogP contribution in [0.1, 0.15) is 41.5 Å². The summed E-state index contributed by atoms with van der Waals surface area (Å²) in [6, 6.07) is 10.3. The Balaban J connectivity index is 0.00000225. The molecule has 2 unspecified atom stereocenters. The molecule has 2 aromatic rings. The summed E-state index contributed by atoms with van der Waals surface area (Å²) in [7, 11) is 0. The van der Waals surface area contributed by atoms with Crippen molar-refractivity contribution in [3.8, 4) is 5.69 Å². The van der Waals surface area contributed by atoms with E-state index in [1.54, 1.807) is 0 Å². The van der Waals surface area contributed by atoms with E-state index in [0.29, 0.717) is 11.1 Å². The van der Waals surface area contributed by atoms with Crippen LogP contribution < -0.4 is 10.6 Å².